The molecule has 0 rings (SSSR count). The van der Waals surface area contributed by atoms with Gasteiger partial charge in [-0.05, 0) is 51.4 Å². The molecule has 0 aromatic rings. The van der Waals surface area contributed by atoms with Crippen LogP contribution in [-0.4, -0.2) is 47.4 Å². The zero-order chi connectivity index (χ0) is 57.1. The molecule has 3 N–H and O–H groups in total. The van der Waals surface area contributed by atoms with Crippen molar-refractivity contribution in [1.29, 1.82) is 0 Å². The van der Waals surface area contributed by atoms with Crippen molar-refractivity contribution in [3.63, 3.8) is 0 Å². The molecule has 0 aromatic carbocycles. The number of nitrogens with one attached hydrogen (secondary N) is 1. The van der Waals surface area contributed by atoms with Gasteiger partial charge in [0.15, 0.2) is 0 Å². The van der Waals surface area contributed by atoms with Gasteiger partial charge >= 0.3 is 5.97 Å². The number of aliphatic hydroxyl groups excluding tert-OH is 2. The zero-order valence-electron chi connectivity index (χ0n) is 53.9. The average Bonchev–Trinajstić information content (AvgIpc) is 3.45. The molecular weight excluding hydrogens is 971 g/mol. The monoisotopic (exact) mass is 1110 g/mol. The second kappa shape index (κ2) is 69.1. The number of esters is 1. The van der Waals surface area contributed by atoms with Crippen molar-refractivity contribution >= 4 is 11.9 Å². The summed E-state index contributed by atoms with van der Waals surface area (Å²) in [5.74, 6) is -0.0135. The zero-order valence-corrected chi connectivity index (χ0v) is 53.9. The quantitative estimate of drug-likeness (QED) is 0.0320. The van der Waals surface area contributed by atoms with Gasteiger partial charge in [-0.2, -0.15) is 0 Å². The molecule has 0 fully saturated rings. The van der Waals surface area contributed by atoms with E-state index in [9.17, 15) is 19.8 Å². The van der Waals surface area contributed by atoms with E-state index in [1.54, 1.807) is 0 Å². The Labute approximate surface area is 495 Å². The van der Waals surface area contributed by atoms with Crippen LogP contribution < -0.4 is 5.32 Å². The lowest BCUT2D eigenvalue weighted by molar-refractivity contribution is -0.143. The highest BCUT2D eigenvalue weighted by Crippen LogP contribution is 2.19. The molecular formula is C73H143NO5. The lowest BCUT2D eigenvalue weighted by Crippen LogP contribution is -2.45. The Morgan fingerprint density at radius 1 is 0.342 bits per heavy atom. The van der Waals surface area contributed by atoms with Crippen molar-refractivity contribution in [2.75, 3.05) is 13.2 Å². The van der Waals surface area contributed by atoms with Gasteiger partial charge in [0, 0.05) is 12.8 Å². The molecule has 1 amide bonds. The van der Waals surface area contributed by atoms with E-state index in [1.807, 2.05) is 0 Å². The number of hydrogen-bond acceptors (Lipinski definition) is 5. The smallest absolute Gasteiger partial charge is 0.305 e. The van der Waals surface area contributed by atoms with Crippen LogP contribution in [0.5, 0.6) is 0 Å². The topological polar surface area (TPSA) is 95.9 Å². The number of carbonyl (C=O) groups excluding carboxylic acids is 2. The van der Waals surface area contributed by atoms with Crippen molar-refractivity contribution in [2.24, 2.45) is 0 Å². The first-order chi connectivity index (χ1) is 39.0. The SMILES string of the molecule is CCCCCCCCC/C=C\CCCCCCCC(=O)OCCCCCCCCCCCCCCCCCCCCCCCCCCCCCCCCC(=O)NC(CO)C(O)CCCCCCCCCCCCCCCCCC. The summed E-state index contributed by atoms with van der Waals surface area (Å²) in [4.78, 5) is 24.6. The minimum Gasteiger partial charge on any atom is -0.466 e. The standard InChI is InChI=1S/C73H143NO5/c1-3-5-7-9-11-13-15-17-19-37-41-45-49-53-57-61-65-71(76)70(69-75)74-72(77)66-62-58-54-50-46-42-38-35-33-31-29-27-25-23-21-22-24-26-28-30-32-34-36-40-44-48-52-56-60-64-68-79-73(78)67-63-59-55-51-47-43-39-20-18-16-14-12-10-8-6-4-2/h20,39,70-71,75-76H,3-19,21-38,40-69H2,1-2H3,(H,74,77)/b39-20-. The van der Waals surface area contributed by atoms with Crippen LogP contribution in [0.3, 0.4) is 0 Å². The molecule has 2 atom stereocenters. The molecule has 0 saturated heterocycles. The van der Waals surface area contributed by atoms with Gasteiger partial charge in [-0.15, -0.1) is 0 Å². The second-order valence-electron chi connectivity index (χ2n) is 25.3. The molecule has 0 aliphatic rings. The summed E-state index contributed by atoms with van der Waals surface area (Å²) < 4.78 is 5.50. The van der Waals surface area contributed by atoms with E-state index in [2.05, 4.69) is 31.3 Å². The first-order valence-electron chi connectivity index (χ1n) is 36.4. The number of hydrogen-bond donors (Lipinski definition) is 3. The molecule has 0 bridgehead atoms. The minimum absolute atomic E-state index is 0.0137. The Morgan fingerprint density at radius 2 is 0.595 bits per heavy atom. The van der Waals surface area contributed by atoms with Gasteiger partial charge in [0.05, 0.1) is 25.4 Å². The number of carbonyl (C=O) groups is 2. The van der Waals surface area contributed by atoms with E-state index in [0.29, 0.717) is 25.9 Å². The number of amides is 1. The summed E-state index contributed by atoms with van der Waals surface area (Å²) in [7, 11) is 0. The highest BCUT2D eigenvalue weighted by molar-refractivity contribution is 5.76. The third-order valence-electron chi connectivity index (χ3n) is 17.3. The maximum atomic E-state index is 12.5. The maximum Gasteiger partial charge on any atom is 0.305 e. The Kier molecular flexibility index (Phi) is 67.9. The van der Waals surface area contributed by atoms with Gasteiger partial charge in [-0.3, -0.25) is 9.59 Å². The van der Waals surface area contributed by atoms with E-state index in [-0.39, 0.29) is 18.5 Å². The predicted molar refractivity (Wildman–Crippen MR) is 347 cm³/mol. The van der Waals surface area contributed by atoms with Gasteiger partial charge in [0.25, 0.3) is 0 Å². The number of unbranched alkanes of at least 4 members (excludes halogenated alkanes) is 56. The van der Waals surface area contributed by atoms with Crippen molar-refractivity contribution in [2.45, 2.75) is 431 Å². The lowest BCUT2D eigenvalue weighted by atomic mass is 10.0. The Bertz CT molecular complexity index is 1190. The summed E-state index contributed by atoms with van der Waals surface area (Å²) >= 11 is 0. The number of aliphatic hydroxyl groups is 2. The van der Waals surface area contributed by atoms with Crippen LogP contribution >= 0.6 is 0 Å². The van der Waals surface area contributed by atoms with Crippen LogP contribution in [0, 0.1) is 0 Å². The molecule has 2 unspecified atom stereocenters. The molecule has 0 heterocycles. The van der Waals surface area contributed by atoms with E-state index >= 15 is 0 Å². The maximum absolute atomic E-state index is 12.5. The fraction of sp³-hybridized carbons (Fsp3) is 0.945. The van der Waals surface area contributed by atoms with Crippen LogP contribution in [0.25, 0.3) is 0 Å². The normalized spacial score (nSPS) is 12.5. The number of rotatable bonds is 69. The Morgan fingerprint density at radius 3 is 0.899 bits per heavy atom. The molecule has 470 valence electrons. The fourth-order valence-electron chi connectivity index (χ4n) is 11.8. The molecule has 0 saturated carbocycles. The second-order valence-corrected chi connectivity index (χ2v) is 25.3. The van der Waals surface area contributed by atoms with E-state index in [0.717, 1.165) is 44.9 Å². The third-order valence-corrected chi connectivity index (χ3v) is 17.3. The van der Waals surface area contributed by atoms with E-state index in [4.69, 9.17) is 4.74 Å². The summed E-state index contributed by atoms with van der Waals surface area (Å²) in [6.45, 7) is 4.99. The molecule has 0 radical (unpaired) electrons. The largest absolute Gasteiger partial charge is 0.466 e. The first-order valence-corrected chi connectivity index (χ1v) is 36.4. The van der Waals surface area contributed by atoms with Crippen molar-refractivity contribution in [3.05, 3.63) is 12.2 Å². The van der Waals surface area contributed by atoms with Gasteiger partial charge in [-0.25, -0.2) is 0 Å². The van der Waals surface area contributed by atoms with Crippen LogP contribution in [0.2, 0.25) is 0 Å². The van der Waals surface area contributed by atoms with Crippen LogP contribution in [0.1, 0.15) is 418 Å². The Balaban J connectivity index is 3.32. The van der Waals surface area contributed by atoms with Crippen molar-refractivity contribution in [3.8, 4) is 0 Å². The van der Waals surface area contributed by atoms with Gasteiger partial charge < -0.3 is 20.3 Å². The molecule has 6 nitrogen and oxygen atoms in total. The van der Waals surface area contributed by atoms with Crippen molar-refractivity contribution in [1.82, 2.24) is 5.32 Å². The van der Waals surface area contributed by atoms with Crippen LogP contribution in [0.15, 0.2) is 12.2 Å². The minimum atomic E-state index is -0.661. The van der Waals surface area contributed by atoms with Crippen molar-refractivity contribution < 1.29 is 24.5 Å². The van der Waals surface area contributed by atoms with Gasteiger partial charge in [-0.1, -0.05) is 366 Å². The molecule has 6 heteroatoms. The van der Waals surface area contributed by atoms with Gasteiger partial charge in [0.2, 0.25) is 5.91 Å². The summed E-state index contributed by atoms with van der Waals surface area (Å²) in [6, 6.07) is -0.538. The third kappa shape index (κ3) is 65.6. The van der Waals surface area contributed by atoms with E-state index < -0.39 is 12.1 Å². The summed E-state index contributed by atoms with van der Waals surface area (Å²) in [6.07, 6.45) is 85.6. The molecule has 0 spiro atoms. The molecule has 79 heavy (non-hydrogen) atoms. The summed E-state index contributed by atoms with van der Waals surface area (Å²) in [5, 5.41) is 23.4. The summed E-state index contributed by atoms with van der Waals surface area (Å²) in [5.41, 5.74) is 0. The molecule has 0 aliphatic heterocycles. The molecule has 0 aliphatic carbocycles. The first kappa shape index (κ1) is 77.6. The highest BCUT2D eigenvalue weighted by atomic mass is 16.5. The predicted octanol–water partition coefficient (Wildman–Crippen LogP) is 23.5. The number of ether oxygens (including phenoxy) is 1. The van der Waals surface area contributed by atoms with Crippen LogP contribution in [0.4, 0.5) is 0 Å². The van der Waals surface area contributed by atoms with Crippen LogP contribution in [-0.2, 0) is 14.3 Å². The Hall–Kier alpha value is -1.40. The van der Waals surface area contributed by atoms with Gasteiger partial charge in [0.1, 0.15) is 0 Å². The molecule has 0 aromatic heterocycles. The van der Waals surface area contributed by atoms with E-state index in [1.165, 1.54) is 340 Å². The average molecular weight is 1110 g/mol. The lowest BCUT2D eigenvalue weighted by Gasteiger charge is -2.22. The fourth-order valence-corrected chi connectivity index (χ4v) is 11.8. The highest BCUT2D eigenvalue weighted by Gasteiger charge is 2.20. The number of allylic oxidation sites excluding steroid dienone is 2.